The van der Waals surface area contributed by atoms with E-state index in [1.54, 1.807) is 0 Å². The highest BCUT2D eigenvalue weighted by Gasteiger charge is 2.19. The normalized spacial score (nSPS) is 16.5. The third-order valence-electron chi connectivity index (χ3n) is 3.78. The number of pyridine rings is 1. The number of nitrogens with zero attached hydrogens (tertiary/aromatic N) is 1. The number of rotatable bonds is 5. The lowest BCUT2D eigenvalue weighted by atomic mass is 10.1. The number of amides is 1. The van der Waals surface area contributed by atoms with E-state index in [9.17, 15) is 14.0 Å². The molecule has 1 atom stereocenters. The van der Waals surface area contributed by atoms with Crippen LogP contribution in [0, 0.1) is 5.82 Å². The first kappa shape index (κ1) is 17.0. The van der Waals surface area contributed by atoms with E-state index in [0.717, 1.165) is 12.5 Å². The quantitative estimate of drug-likeness (QED) is 0.844. The molecule has 6 nitrogen and oxygen atoms in total. The van der Waals surface area contributed by atoms with Crippen LogP contribution in [-0.2, 0) is 4.74 Å². The molecule has 0 radical (unpaired) electrons. The molecule has 0 spiro atoms. The molecule has 0 bridgehead atoms. The molecule has 3 rings (SSSR count). The van der Waals surface area contributed by atoms with Crippen LogP contribution in [0.4, 0.5) is 10.1 Å². The summed E-state index contributed by atoms with van der Waals surface area (Å²) in [5.74, 6) is -0.979. The van der Waals surface area contributed by atoms with Gasteiger partial charge in [-0.25, -0.2) is 9.37 Å². The van der Waals surface area contributed by atoms with Crippen LogP contribution in [-0.4, -0.2) is 36.0 Å². The summed E-state index contributed by atoms with van der Waals surface area (Å²) >= 11 is 0. The summed E-state index contributed by atoms with van der Waals surface area (Å²) in [5, 5.41) is 2.56. The Balaban J connectivity index is 1.77. The van der Waals surface area contributed by atoms with Crippen LogP contribution in [0.5, 0.6) is 5.88 Å². The van der Waals surface area contributed by atoms with Crippen molar-refractivity contribution in [2.24, 2.45) is 0 Å². The summed E-state index contributed by atoms with van der Waals surface area (Å²) in [6.45, 7) is 2.48. The summed E-state index contributed by atoms with van der Waals surface area (Å²) in [4.78, 5) is 28.1. The molecule has 1 saturated heterocycles. The lowest BCUT2D eigenvalue weighted by molar-refractivity contribution is 0.101. The predicted molar refractivity (Wildman–Crippen MR) is 88.4 cm³/mol. The summed E-state index contributed by atoms with van der Waals surface area (Å²) < 4.78 is 24.4. The number of anilines is 1. The van der Waals surface area contributed by atoms with Gasteiger partial charge in [-0.05, 0) is 31.2 Å². The number of ether oxygens (including phenoxy) is 2. The topological polar surface area (TPSA) is 77.5 Å². The fourth-order valence-electron chi connectivity index (χ4n) is 2.51. The third kappa shape index (κ3) is 4.19. The Morgan fingerprint density at radius 3 is 2.88 bits per heavy atom. The van der Waals surface area contributed by atoms with Crippen LogP contribution in [0.25, 0.3) is 0 Å². The first-order valence-corrected chi connectivity index (χ1v) is 7.85. The number of nitrogens with one attached hydrogen (secondary N) is 1. The minimum atomic E-state index is -0.541. The van der Waals surface area contributed by atoms with Gasteiger partial charge in [0.2, 0.25) is 5.88 Å². The van der Waals surface area contributed by atoms with Crippen LogP contribution >= 0.6 is 0 Å². The Kier molecular flexibility index (Phi) is 5.04. The molecule has 1 fully saturated rings. The molecular weight excluding hydrogens is 327 g/mol. The minimum absolute atomic E-state index is 0.0849. The third-order valence-corrected chi connectivity index (χ3v) is 3.78. The molecule has 1 N–H and O–H groups in total. The molecule has 0 unspecified atom stereocenters. The van der Waals surface area contributed by atoms with E-state index >= 15 is 0 Å². The lowest BCUT2D eigenvalue weighted by Crippen LogP contribution is -2.18. The number of hydrogen-bond donors (Lipinski definition) is 1. The van der Waals surface area contributed by atoms with Crippen molar-refractivity contribution in [3.63, 3.8) is 0 Å². The van der Waals surface area contributed by atoms with E-state index in [1.807, 2.05) is 0 Å². The number of carbonyl (C=O) groups excluding carboxylic acids is 2. The molecule has 0 saturated carbocycles. The predicted octanol–water partition coefficient (Wildman–Crippen LogP) is 2.84. The van der Waals surface area contributed by atoms with Gasteiger partial charge in [-0.3, -0.25) is 9.59 Å². The van der Waals surface area contributed by atoms with Crippen molar-refractivity contribution in [2.45, 2.75) is 19.4 Å². The summed E-state index contributed by atoms with van der Waals surface area (Å²) in [6.07, 6.45) is 2.14. The minimum Gasteiger partial charge on any atom is -0.472 e. The van der Waals surface area contributed by atoms with Gasteiger partial charge in [-0.15, -0.1) is 0 Å². The highest BCUT2D eigenvalue weighted by Crippen LogP contribution is 2.20. The number of Topliss-reactive ketones (excluding diaryl/α,β-unsaturated/α-hetero) is 1. The number of ketones is 1. The number of hydrogen-bond acceptors (Lipinski definition) is 5. The van der Waals surface area contributed by atoms with Crippen molar-refractivity contribution in [1.29, 1.82) is 0 Å². The average molecular weight is 344 g/mol. The van der Waals surface area contributed by atoms with Gasteiger partial charge in [0.05, 0.1) is 18.9 Å². The van der Waals surface area contributed by atoms with Crippen molar-refractivity contribution >= 4 is 17.4 Å². The first-order chi connectivity index (χ1) is 12.0. The highest BCUT2D eigenvalue weighted by atomic mass is 19.1. The van der Waals surface area contributed by atoms with Crippen LogP contribution in [0.3, 0.4) is 0 Å². The second-order valence-electron chi connectivity index (χ2n) is 5.69. The second kappa shape index (κ2) is 7.40. The summed E-state index contributed by atoms with van der Waals surface area (Å²) in [5.41, 5.74) is 0.659. The maximum absolute atomic E-state index is 13.5. The SMILES string of the molecule is CC(=O)c1ccc(F)cc1NC(=O)c1ccnc(O[C@@H]2CCOC2)c1. The Morgan fingerprint density at radius 1 is 1.32 bits per heavy atom. The van der Waals surface area contributed by atoms with Crippen LogP contribution in [0.2, 0.25) is 0 Å². The van der Waals surface area contributed by atoms with E-state index < -0.39 is 11.7 Å². The Hall–Kier alpha value is -2.80. The number of carbonyl (C=O) groups is 2. The Morgan fingerprint density at radius 2 is 2.16 bits per heavy atom. The maximum atomic E-state index is 13.5. The van der Waals surface area contributed by atoms with E-state index in [2.05, 4.69) is 10.3 Å². The van der Waals surface area contributed by atoms with Crippen molar-refractivity contribution < 1.29 is 23.5 Å². The van der Waals surface area contributed by atoms with Gasteiger partial charge in [-0.1, -0.05) is 0 Å². The number of benzene rings is 1. The van der Waals surface area contributed by atoms with E-state index in [0.29, 0.717) is 24.7 Å². The number of aromatic nitrogens is 1. The van der Waals surface area contributed by atoms with Crippen molar-refractivity contribution in [2.75, 3.05) is 18.5 Å². The first-order valence-electron chi connectivity index (χ1n) is 7.85. The van der Waals surface area contributed by atoms with E-state index in [-0.39, 0.29) is 23.1 Å². The van der Waals surface area contributed by atoms with Gasteiger partial charge in [0.1, 0.15) is 11.9 Å². The molecule has 25 heavy (non-hydrogen) atoms. The summed E-state index contributed by atoms with van der Waals surface area (Å²) in [7, 11) is 0. The molecule has 130 valence electrons. The van der Waals surface area contributed by atoms with Gasteiger partial charge >= 0.3 is 0 Å². The molecule has 0 aliphatic carbocycles. The second-order valence-corrected chi connectivity index (χ2v) is 5.69. The number of halogens is 1. The smallest absolute Gasteiger partial charge is 0.255 e. The molecule has 7 heteroatoms. The fraction of sp³-hybridized carbons (Fsp3) is 0.278. The van der Waals surface area contributed by atoms with Crippen molar-refractivity contribution in [3.05, 3.63) is 53.5 Å². The van der Waals surface area contributed by atoms with Crippen LogP contribution in [0.15, 0.2) is 36.5 Å². The zero-order valence-electron chi connectivity index (χ0n) is 13.6. The molecule has 1 aliphatic rings. The van der Waals surface area contributed by atoms with E-state index in [1.165, 1.54) is 37.4 Å². The van der Waals surface area contributed by atoms with Crippen molar-refractivity contribution in [1.82, 2.24) is 4.98 Å². The molecular formula is C18H17FN2O4. The van der Waals surface area contributed by atoms with Gasteiger partial charge in [0, 0.05) is 29.8 Å². The maximum Gasteiger partial charge on any atom is 0.255 e. The largest absolute Gasteiger partial charge is 0.472 e. The molecule has 2 aromatic rings. The zero-order chi connectivity index (χ0) is 17.8. The fourth-order valence-corrected chi connectivity index (χ4v) is 2.51. The zero-order valence-corrected chi connectivity index (χ0v) is 13.6. The van der Waals surface area contributed by atoms with Gasteiger partial charge in [0.15, 0.2) is 5.78 Å². The van der Waals surface area contributed by atoms with Crippen LogP contribution in [0.1, 0.15) is 34.1 Å². The van der Waals surface area contributed by atoms with Gasteiger partial charge < -0.3 is 14.8 Å². The van der Waals surface area contributed by atoms with Gasteiger partial charge in [-0.2, -0.15) is 0 Å². The standard InChI is InChI=1S/C18H17FN2O4/c1-11(22)15-3-2-13(19)9-16(15)21-18(23)12-4-6-20-17(8-12)25-14-5-7-24-10-14/h2-4,6,8-9,14H,5,7,10H2,1H3,(H,21,23)/t14-/m1/s1. The average Bonchev–Trinajstić information content (AvgIpc) is 3.08. The summed E-state index contributed by atoms with van der Waals surface area (Å²) in [6, 6.07) is 6.65. The van der Waals surface area contributed by atoms with E-state index in [4.69, 9.17) is 9.47 Å². The molecule has 1 aliphatic heterocycles. The molecule has 2 heterocycles. The molecule has 1 aromatic carbocycles. The van der Waals surface area contributed by atoms with Crippen LogP contribution < -0.4 is 10.1 Å². The Bertz CT molecular complexity index is 803. The Labute approximate surface area is 144 Å². The molecule has 1 aromatic heterocycles. The molecule has 1 amide bonds. The monoisotopic (exact) mass is 344 g/mol. The van der Waals surface area contributed by atoms with Crippen molar-refractivity contribution in [3.8, 4) is 5.88 Å². The lowest BCUT2D eigenvalue weighted by Gasteiger charge is -2.12. The highest BCUT2D eigenvalue weighted by molar-refractivity contribution is 6.09. The van der Waals surface area contributed by atoms with Gasteiger partial charge in [0.25, 0.3) is 5.91 Å².